The second-order valence-electron chi connectivity index (χ2n) is 7.52. The number of benzene rings is 1. The first-order valence-electron chi connectivity index (χ1n) is 8.47. The van der Waals surface area contributed by atoms with Gasteiger partial charge in [0, 0.05) is 24.3 Å². The molecule has 1 aromatic rings. The van der Waals surface area contributed by atoms with Crippen molar-refractivity contribution in [3.05, 3.63) is 29.3 Å². The zero-order valence-electron chi connectivity index (χ0n) is 15.6. The summed E-state index contributed by atoms with van der Waals surface area (Å²) in [5.41, 5.74) is 3.09. The van der Waals surface area contributed by atoms with Crippen LogP contribution in [0.15, 0.2) is 18.2 Å². The van der Waals surface area contributed by atoms with E-state index in [0.717, 1.165) is 11.3 Å². The van der Waals surface area contributed by atoms with E-state index >= 15 is 0 Å². The average Bonchev–Trinajstić information content (AvgIpc) is 2.89. The molecule has 24 heavy (non-hydrogen) atoms. The largest absolute Gasteiger partial charge is 0.354 e. The van der Waals surface area contributed by atoms with Crippen molar-refractivity contribution >= 4 is 17.5 Å². The van der Waals surface area contributed by atoms with Crippen LogP contribution in [-0.2, 0) is 9.59 Å². The number of rotatable bonds is 5. The summed E-state index contributed by atoms with van der Waals surface area (Å²) in [7, 11) is 3.96. The number of carbonyl (C=O) groups excluding carboxylic acids is 2. The van der Waals surface area contributed by atoms with Gasteiger partial charge in [0.2, 0.25) is 11.8 Å². The second kappa shape index (κ2) is 6.93. The van der Waals surface area contributed by atoms with Crippen LogP contribution in [-0.4, -0.2) is 49.4 Å². The van der Waals surface area contributed by atoms with Crippen LogP contribution in [0.3, 0.4) is 0 Å². The number of hydrogen-bond acceptors (Lipinski definition) is 3. The van der Waals surface area contributed by atoms with E-state index in [9.17, 15) is 9.59 Å². The first-order valence-corrected chi connectivity index (χ1v) is 8.47. The maximum atomic E-state index is 12.7. The molecule has 1 unspecified atom stereocenters. The van der Waals surface area contributed by atoms with E-state index in [0.29, 0.717) is 19.5 Å². The van der Waals surface area contributed by atoms with Gasteiger partial charge in [-0.25, -0.2) is 0 Å². The number of likely N-dealkylation sites (N-methyl/N-ethyl adjacent to an activating group) is 1. The van der Waals surface area contributed by atoms with Crippen LogP contribution in [0.25, 0.3) is 0 Å². The lowest BCUT2D eigenvalue weighted by molar-refractivity contribution is -0.132. The van der Waals surface area contributed by atoms with Gasteiger partial charge in [0.15, 0.2) is 0 Å². The Hall–Kier alpha value is -1.88. The van der Waals surface area contributed by atoms with E-state index in [1.807, 2.05) is 46.1 Å². The van der Waals surface area contributed by atoms with Gasteiger partial charge in [-0.2, -0.15) is 0 Å². The number of amides is 2. The highest BCUT2D eigenvalue weighted by atomic mass is 16.2. The van der Waals surface area contributed by atoms with Crippen LogP contribution in [0, 0.1) is 19.8 Å². The predicted octanol–water partition coefficient (Wildman–Crippen LogP) is 2.11. The van der Waals surface area contributed by atoms with E-state index < -0.39 is 5.92 Å². The van der Waals surface area contributed by atoms with Gasteiger partial charge in [-0.05, 0) is 71.5 Å². The summed E-state index contributed by atoms with van der Waals surface area (Å²) >= 11 is 0. The topological polar surface area (TPSA) is 52.7 Å². The highest BCUT2D eigenvalue weighted by Gasteiger charge is 2.38. The summed E-state index contributed by atoms with van der Waals surface area (Å²) in [6.07, 6.45) is 0.569. The highest BCUT2D eigenvalue weighted by molar-refractivity contribution is 6.09. The molecule has 1 heterocycles. The summed E-state index contributed by atoms with van der Waals surface area (Å²) in [4.78, 5) is 28.9. The van der Waals surface area contributed by atoms with Crippen LogP contribution >= 0.6 is 0 Å². The van der Waals surface area contributed by atoms with Gasteiger partial charge in [-0.15, -0.1) is 0 Å². The Morgan fingerprint density at radius 1 is 1.29 bits per heavy atom. The number of aryl methyl sites for hydroxylation is 2. The third kappa shape index (κ3) is 3.78. The molecular weight excluding hydrogens is 302 g/mol. The number of carbonyl (C=O) groups is 2. The molecule has 5 nitrogen and oxygen atoms in total. The fourth-order valence-electron chi connectivity index (χ4n) is 2.66. The van der Waals surface area contributed by atoms with Crippen LogP contribution in [0.4, 0.5) is 5.69 Å². The molecule has 2 amide bonds. The molecule has 1 atom stereocenters. The Balaban J connectivity index is 2.03. The summed E-state index contributed by atoms with van der Waals surface area (Å²) in [6, 6.07) is 5.99. The van der Waals surface area contributed by atoms with Gasteiger partial charge in [0.1, 0.15) is 5.92 Å². The molecule has 5 heteroatoms. The molecule has 0 spiro atoms. The van der Waals surface area contributed by atoms with Crippen LogP contribution in [0.5, 0.6) is 0 Å². The maximum Gasteiger partial charge on any atom is 0.239 e. The van der Waals surface area contributed by atoms with Gasteiger partial charge in [0.25, 0.3) is 0 Å². The van der Waals surface area contributed by atoms with Gasteiger partial charge >= 0.3 is 0 Å². The van der Waals surface area contributed by atoms with Gasteiger partial charge in [-0.3, -0.25) is 9.59 Å². The third-order valence-electron chi connectivity index (χ3n) is 5.23. The van der Waals surface area contributed by atoms with Crippen LogP contribution in [0.2, 0.25) is 0 Å². The molecule has 0 saturated carbocycles. The molecule has 1 fully saturated rings. The Labute approximate surface area is 145 Å². The standard InChI is InChI=1S/C19H29N3O2/c1-13-7-8-15(11-14(13)2)22-10-9-16(18(22)24)17(23)20-12-19(3,4)21(5)6/h7-8,11,16H,9-10,12H2,1-6H3,(H,20,23). The number of anilines is 1. The molecule has 0 bridgehead atoms. The fourth-order valence-corrected chi connectivity index (χ4v) is 2.66. The van der Waals surface area contributed by atoms with Crippen molar-refractivity contribution in [1.82, 2.24) is 10.2 Å². The molecule has 1 aliphatic rings. The van der Waals surface area contributed by atoms with Crippen molar-refractivity contribution in [1.29, 1.82) is 0 Å². The third-order valence-corrected chi connectivity index (χ3v) is 5.23. The lowest BCUT2D eigenvalue weighted by Gasteiger charge is -2.32. The average molecular weight is 331 g/mol. The smallest absolute Gasteiger partial charge is 0.239 e. The Kier molecular flexibility index (Phi) is 5.33. The fraction of sp³-hybridized carbons (Fsp3) is 0.579. The predicted molar refractivity (Wildman–Crippen MR) is 97.2 cm³/mol. The number of nitrogens with zero attached hydrogens (tertiary/aromatic N) is 2. The Morgan fingerprint density at radius 3 is 2.54 bits per heavy atom. The Morgan fingerprint density at radius 2 is 1.96 bits per heavy atom. The van der Waals surface area contributed by atoms with Gasteiger partial charge in [0.05, 0.1) is 0 Å². The van der Waals surface area contributed by atoms with E-state index in [1.54, 1.807) is 4.90 Å². The second-order valence-corrected chi connectivity index (χ2v) is 7.52. The molecule has 1 N–H and O–H groups in total. The molecule has 1 aromatic carbocycles. The van der Waals surface area contributed by atoms with Crippen molar-refractivity contribution in [2.24, 2.45) is 5.92 Å². The quantitative estimate of drug-likeness (QED) is 0.841. The number of nitrogens with one attached hydrogen (secondary N) is 1. The van der Waals surface area contributed by atoms with E-state index in [2.05, 4.69) is 24.1 Å². The van der Waals surface area contributed by atoms with Crippen LogP contribution in [0.1, 0.15) is 31.4 Å². The van der Waals surface area contributed by atoms with Gasteiger partial charge in [-0.1, -0.05) is 6.07 Å². The van der Waals surface area contributed by atoms with E-state index in [1.165, 1.54) is 5.56 Å². The first kappa shape index (κ1) is 18.5. The highest BCUT2D eigenvalue weighted by Crippen LogP contribution is 2.27. The van der Waals surface area contributed by atoms with Crippen molar-refractivity contribution in [2.45, 2.75) is 39.7 Å². The zero-order chi connectivity index (χ0) is 18.1. The molecule has 0 aliphatic carbocycles. The molecule has 1 saturated heterocycles. The molecule has 0 aromatic heterocycles. The SMILES string of the molecule is Cc1ccc(N2CCC(C(=O)NCC(C)(C)N(C)C)C2=O)cc1C. The molecular formula is C19H29N3O2. The molecule has 2 rings (SSSR count). The van der Waals surface area contributed by atoms with Crippen molar-refractivity contribution < 1.29 is 9.59 Å². The van der Waals surface area contributed by atoms with Gasteiger partial charge < -0.3 is 15.1 Å². The minimum atomic E-state index is -0.579. The van der Waals surface area contributed by atoms with E-state index in [-0.39, 0.29) is 17.4 Å². The lowest BCUT2D eigenvalue weighted by atomic mass is 10.0. The van der Waals surface area contributed by atoms with Crippen molar-refractivity contribution in [3.8, 4) is 0 Å². The maximum absolute atomic E-state index is 12.7. The Bertz CT molecular complexity index is 637. The lowest BCUT2D eigenvalue weighted by Crippen LogP contribution is -2.50. The molecule has 1 aliphatic heterocycles. The monoisotopic (exact) mass is 331 g/mol. The van der Waals surface area contributed by atoms with Crippen molar-refractivity contribution in [3.63, 3.8) is 0 Å². The summed E-state index contributed by atoms with van der Waals surface area (Å²) < 4.78 is 0. The first-order chi connectivity index (χ1) is 11.1. The van der Waals surface area contributed by atoms with Crippen molar-refractivity contribution in [2.75, 3.05) is 32.1 Å². The minimum absolute atomic E-state index is 0.0987. The number of hydrogen-bond donors (Lipinski definition) is 1. The normalized spacial score (nSPS) is 18.4. The minimum Gasteiger partial charge on any atom is -0.354 e. The van der Waals surface area contributed by atoms with Crippen LogP contribution < -0.4 is 10.2 Å². The molecule has 0 radical (unpaired) electrons. The summed E-state index contributed by atoms with van der Waals surface area (Å²) in [5, 5.41) is 2.94. The zero-order valence-corrected chi connectivity index (χ0v) is 15.6. The summed E-state index contributed by atoms with van der Waals surface area (Å²) in [5.74, 6) is -0.843. The molecule has 132 valence electrons. The summed E-state index contributed by atoms with van der Waals surface area (Å²) in [6.45, 7) is 9.32. The van der Waals surface area contributed by atoms with E-state index in [4.69, 9.17) is 0 Å².